The molecule has 2 saturated heterocycles. The van der Waals surface area contributed by atoms with Crippen LogP contribution in [0.1, 0.15) is 25.3 Å². The SMILES string of the molecule is CC1(C(=O)Nc2ccc(OC3CSC3)cc2)CCCN(Cc2ccccc2)S1(=O)=O. The monoisotopic (exact) mass is 446 g/mol. The van der Waals surface area contributed by atoms with Gasteiger partial charge in [0.15, 0.2) is 4.75 Å². The van der Waals surface area contributed by atoms with Crippen molar-refractivity contribution in [1.29, 1.82) is 0 Å². The molecule has 2 aromatic carbocycles. The maximum absolute atomic E-state index is 13.3. The lowest BCUT2D eigenvalue weighted by Crippen LogP contribution is -2.56. The molecule has 0 saturated carbocycles. The molecule has 2 aliphatic rings. The molecule has 1 atom stereocenters. The fraction of sp³-hybridized carbons (Fsp3) is 0.409. The number of hydrogen-bond donors (Lipinski definition) is 1. The summed E-state index contributed by atoms with van der Waals surface area (Å²) in [5.74, 6) is 2.25. The Hall–Kier alpha value is -2.03. The summed E-state index contributed by atoms with van der Waals surface area (Å²) in [6.07, 6.45) is 1.19. The van der Waals surface area contributed by atoms with E-state index in [-0.39, 0.29) is 12.6 Å². The van der Waals surface area contributed by atoms with Gasteiger partial charge in [-0.05, 0) is 49.6 Å². The fourth-order valence-corrected chi connectivity index (χ4v) is 6.17. The van der Waals surface area contributed by atoms with E-state index in [9.17, 15) is 13.2 Å². The highest BCUT2D eigenvalue weighted by Crippen LogP contribution is 2.34. The molecule has 2 heterocycles. The van der Waals surface area contributed by atoms with Crippen LogP contribution in [0.4, 0.5) is 5.69 Å². The lowest BCUT2D eigenvalue weighted by molar-refractivity contribution is -0.118. The predicted octanol–water partition coefficient (Wildman–Crippen LogP) is 3.50. The van der Waals surface area contributed by atoms with Gasteiger partial charge >= 0.3 is 0 Å². The lowest BCUT2D eigenvalue weighted by Gasteiger charge is -2.38. The van der Waals surface area contributed by atoms with Crippen molar-refractivity contribution in [2.24, 2.45) is 0 Å². The molecule has 1 unspecified atom stereocenters. The van der Waals surface area contributed by atoms with Crippen molar-refractivity contribution in [1.82, 2.24) is 4.31 Å². The highest BCUT2D eigenvalue weighted by Gasteiger charge is 2.51. The molecule has 8 heteroatoms. The van der Waals surface area contributed by atoms with Gasteiger partial charge in [-0.25, -0.2) is 8.42 Å². The number of hydrogen-bond acceptors (Lipinski definition) is 5. The first-order chi connectivity index (χ1) is 14.4. The first-order valence-corrected chi connectivity index (χ1v) is 12.7. The first kappa shape index (κ1) is 21.2. The summed E-state index contributed by atoms with van der Waals surface area (Å²) in [4.78, 5) is 13.1. The molecule has 0 radical (unpaired) electrons. The first-order valence-electron chi connectivity index (χ1n) is 10.1. The van der Waals surface area contributed by atoms with Gasteiger partial charge < -0.3 is 10.1 Å². The second-order valence-corrected chi connectivity index (χ2v) is 11.4. The standard InChI is InChI=1S/C22H26N2O4S2/c1-22(12-5-13-24(30(22,26)27)14-17-6-3-2-4-7-17)21(25)23-18-8-10-19(11-9-18)28-20-15-29-16-20/h2-4,6-11,20H,5,12-16H2,1H3,(H,23,25). The minimum atomic E-state index is -3.81. The van der Waals surface area contributed by atoms with E-state index in [1.54, 1.807) is 24.3 Å². The molecule has 1 N–H and O–H groups in total. The summed E-state index contributed by atoms with van der Waals surface area (Å²) in [5, 5.41) is 2.80. The number of carbonyl (C=O) groups is 1. The minimum absolute atomic E-state index is 0.248. The number of nitrogens with one attached hydrogen (secondary N) is 1. The maximum Gasteiger partial charge on any atom is 0.246 e. The smallest absolute Gasteiger partial charge is 0.246 e. The summed E-state index contributed by atoms with van der Waals surface area (Å²) in [6, 6.07) is 16.6. The topological polar surface area (TPSA) is 75.7 Å². The number of ether oxygens (including phenoxy) is 1. The molecule has 2 fully saturated rings. The second-order valence-electron chi connectivity index (χ2n) is 7.91. The molecule has 1 amide bonds. The van der Waals surface area contributed by atoms with Gasteiger partial charge in [0.05, 0.1) is 0 Å². The normalized spacial score (nSPS) is 24.0. The Bertz CT molecular complexity index is 992. The van der Waals surface area contributed by atoms with Crippen LogP contribution in [0, 0.1) is 0 Å². The third-order valence-corrected chi connectivity index (χ3v) is 9.41. The molecule has 0 aromatic heterocycles. The predicted molar refractivity (Wildman–Crippen MR) is 120 cm³/mol. The zero-order valence-electron chi connectivity index (χ0n) is 16.9. The number of thioether (sulfide) groups is 1. The van der Waals surface area contributed by atoms with Gasteiger partial charge in [0.2, 0.25) is 15.9 Å². The molecule has 2 aliphatic heterocycles. The van der Waals surface area contributed by atoms with E-state index in [0.29, 0.717) is 25.1 Å². The second kappa shape index (κ2) is 8.61. The Kier molecular flexibility index (Phi) is 6.09. The summed E-state index contributed by atoms with van der Waals surface area (Å²) >= 11 is 1.85. The summed E-state index contributed by atoms with van der Waals surface area (Å²) in [5.41, 5.74) is 1.47. The van der Waals surface area contributed by atoms with Crippen molar-refractivity contribution in [2.75, 3.05) is 23.4 Å². The number of sulfonamides is 1. The van der Waals surface area contributed by atoms with Crippen LogP contribution < -0.4 is 10.1 Å². The van der Waals surface area contributed by atoms with Crippen molar-refractivity contribution < 1.29 is 17.9 Å². The van der Waals surface area contributed by atoms with Gasteiger partial charge in [0, 0.05) is 30.3 Å². The van der Waals surface area contributed by atoms with E-state index in [0.717, 1.165) is 22.8 Å². The van der Waals surface area contributed by atoms with Crippen LogP contribution in [0.25, 0.3) is 0 Å². The van der Waals surface area contributed by atoms with Crippen LogP contribution in [0.15, 0.2) is 54.6 Å². The van der Waals surface area contributed by atoms with Gasteiger partial charge in [-0.2, -0.15) is 16.1 Å². The van der Waals surface area contributed by atoms with Crippen LogP contribution in [-0.4, -0.2) is 47.5 Å². The summed E-state index contributed by atoms with van der Waals surface area (Å²) in [6.45, 7) is 2.23. The van der Waals surface area contributed by atoms with Crippen LogP contribution in [-0.2, 0) is 21.4 Å². The third-order valence-electron chi connectivity index (χ3n) is 5.68. The van der Waals surface area contributed by atoms with E-state index in [1.807, 2.05) is 42.1 Å². The Morgan fingerprint density at radius 3 is 2.50 bits per heavy atom. The third kappa shape index (κ3) is 4.22. The van der Waals surface area contributed by atoms with Crippen molar-refractivity contribution in [3.63, 3.8) is 0 Å². The zero-order chi connectivity index (χ0) is 21.2. The Labute approximate surface area is 182 Å². The fourth-order valence-electron chi connectivity index (χ4n) is 3.66. The van der Waals surface area contributed by atoms with Crippen molar-refractivity contribution in [3.05, 3.63) is 60.2 Å². The maximum atomic E-state index is 13.3. The van der Waals surface area contributed by atoms with E-state index < -0.39 is 20.7 Å². The van der Waals surface area contributed by atoms with Gasteiger partial charge in [0.25, 0.3) is 0 Å². The summed E-state index contributed by atoms with van der Waals surface area (Å²) in [7, 11) is -3.81. The number of benzene rings is 2. The molecule has 4 rings (SSSR count). The van der Waals surface area contributed by atoms with Crippen molar-refractivity contribution in [3.8, 4) is 5.75 Å². The van der Waals surface area contributed by atoms with Crippen LogP contribution in [0.2, 0.25) is 0 Å². The van der Waals surface area contributed by atoms with Gasteiger partial charge in [0.1, 0.15) is 11.9 Å². The highest BCUT2D eigenvalue weighted by molar-refractivity contribution is 8.00. The van der Waals surface area contributed by atoms with Crippen LogP contribution in [0.3, 0.4) is 0 Å². The van der Waals surface area contributed by atoms with E-state index in [2.05, 4.69) is 5.32 Å². The molecule has 2 aromatic rings. The largest absolute Gasteiger partial charge is 0.489 e. The quantitative estimate of drug-likeness (QED) is 0.735. The van der Waals surface area contributed by atoms with Crippen molar-refractivity contribution >= 4 is 33.4 Å². The highest BCUT2D eigenvalue weighted by atomic mass is 32.2. The van der Waals surface area contributed by atoms with Crippen molar-refractivity contribution in [2.45, 2.75) is 37.2 Å². The van der Waals surface area contributed by atoms with E-state index in [4.69, 9.17) is 4.74 Å². The number of carbonyl (C=O) groups excluding carboxylic acids is 1. The molecule has 0 bridgehead atoms. The number of rotatable bonds is 6. The average molecular weight is 447 g/mol. The molecule has 6 nitrogen and oxygen atoms in total. The molecular formula is C22H26N2O4S2. The molecule has 160 valence electrons. The van der Waals surface area contributed by atoms with E-state index in [1.165, 1.54) is 11.2 Å². The molecule has 30 heavy (non-hydrogen) atoms. The molecule has 0 aliphatic carbocycles. The Balaban J connectivity index is 1.46. The summed E-state index contributed by atoms with van der Waals surface area (Å²) < 4.78 is 32.4. The van der Waals surface area contributed by atoms with Gasteiger partial charge in [-0.3, -0.25) is 4.79 Å². The average Bonchev–Trinajstić information content (AvgIpc) is 2.70. The number of anilines is 1. The van der Waals surface area contributed by atoms with Gasteiger partial charge in [-0.1, -0.05) is 30.3 Å². The lowest BCUT2D eigenvalue weighted by atomic mass is 10.0. The molecular weight excluding hydrogens is 420 g/mol. The van der Waals surface area contributed by atoms with Gasteiger partial charge in [-0.15, -0.1) is 0 Å². The zero-order valence-corrected chi connectivity index (χ0v) is 18.5. The number of amides is 1. The van der Waals surface area contributed by atoms with Crippen LogP contribution in [0.5, 0.6) is 5.75 Å². The van der Waals surface area contributed by atoms with Crippen LogP contribution >= 0.6 is 11.8 Å². The molecule has 0 spiro atoms. The van der Waals surface area contributed by atoms with E-state index >= 15 is 0 Å². The Morgan fingerprint density at radius 1 is 1.17 bits per heavy atom. The number of nitrogens with zero attached hydrogens (tertiary/aromatic N) is 1. The minimum Gasteiger partial charge on any atom is -0.489 e. The Morgan fingerprint density at radius 2 is 1.87 bits per heavy atom.